The van der Waals surface area contributed by atoms with Crippen LogP contribution in [0, 0.1) is 5.92 Å². The molecular formula is C49H52N8O8. The molecule has 16 nitrogen and oxygen atoms in total. The number of aromatic nitrogens is 4. The number of hydrogen-bond acceptors (Lipinski definition) is 11. The number of benzene rings is 5. The number of H-pyrrole nitrogens is 2. The largest absolute Gasteiger partial charge is 0.453 e. The highest BCUT2D eigenvalue weighted by molar-refractivity contribution is 6.07. The summed E-state index contributed by atoms with van der Waals surface area (Å²) >= 11 is 0. The molecule has 5 heterocycles. The minimum Gasteiger partial charge on any atom is -0.453 e. The number of aromatic amines is 2. The fourth-order valence-corrected chi connectivity index (χ4v) is 10.00. The van der Waals surface area contributed by atoms with E-state index in [1.807, 2.05) is 43.0 Å². The van der Waals surface area contributed by atoms with Crippen molar-refractivity contribution in [3.05, 3.63) is 108 Å². The molecule has 2 aromatic heterocycles. The summed E-state index contributed by atoms with van der Waals surface area (Å²) in [5, 5.41) is 21.1. The fraction of sp³-hybridized carbons (Fsp3) is 0.367. The van der Waals surface area contributed by atoms with Gasteiger partial charge in [-0.15, -0.1) is 0 Å². The number of amides is 3. The number of carbonyl (C=O) groups is 3. The number of nitrogens with one attached hydrogen (secondary N) is 4. The third-order valence-corrected chi connectivity index (χ3v) is 13.3. The lowest BCUT2D eigenvalue weighted by atomic mass is 9.98. The van der Waals surface area contributed by atoms with Crippen molar-refractivity contribution < 1.29 is 38.4 Å². The van der Waals surface area contributed by atoms with E-state index in [1.54, 1.807) is 17.0 Å². The first-order valence-electron chi connectivity index (χ1n) is 22.1. The number of rotatable bonds is 10. The third-order valence-electron chi connectivity index (χ3n) is 13.3. The first-order chi connectivity index (χ1) is 31.5. The zero-order valence-corrected chi connectivity index (χ0v) is 36.7. The number of hydrogen-bond donors (Lipinski definition) is 5. The van der Waals surface area contributed by atoms with Gasteiger partial charge in [0.05, 0.1) is 74.2 Å². The quantitative estimate of drug-likeness (QED) is 0.0921. The Morgan fingerprint density at radius 2 is 1.37 bits per heavy atom. The molecule has 336 valence electrons. The summed E-state index contributed by atoms with van der Waals surface area (Å²) in [5.74, 6) is 0.0404. The first kappa shape index (κ1) is 42.4. The Morgan fingerprint density at radius 1 is 0.785 bits per heavy atom. The van der Waals surface area contributed by atoms with Gasteiger partial charge >= 0.3 is 12.2 Å². The number of nitrogens with zero attached hydrogens (tertiary/aromatic N) is 4. The number of carbonyl (C=O) groups excluding carboxylic acids is 3. The van der Waals surface area contributed by atoms with E-state index in [2.05, 4.69) is 75.2 Å². The zero-order valence-electron chi connectivity index (χ0n) is 36.7. The van der Waals surface area contributed by atoms with Crippen molar-refractivity contribution in [3.8, 4) is 11.1 Å². The normalized spacial score (nSPS) is 20.0. The van der Waals surface area contributed by atoms with E-state index in [-0.39, 0.29) is 24.4 Å². The van der Waals surface area contributed by atoms with Gasteiger partial charge in [0.1, 0.15) is 23.9 Å². The molecule has 5 N–H and O–H groups in total. The van der Waals surface area contributed by atoms with Gasteiger partial charge in [-0.2, -0.15) is 0 Å². The predicted octanol–water partition coefficient (Wildman–Crippen LogP) is 7.36. The average molecular weight is 881 g/mol. The second-order valence-corrected chi connectivity index (χ2v) is 17.5. The van der Waals surface area contributed by atoms with Gasteiger partial charge < -0.3 is 49.6 Å². The van der Waals surface area contributed by atoms with E-state index in [1.165, 1.54) is 14.2 Å². The second-order valence-electron chi connectivity index (χ2n) is 17.5. The lowest BCUT2D eigenvalue weighted by Crippen LogP contribution is -2.54. The molecule has 0 bridgehead atoms. The number of ether oxygens (including phenoxy) is 4. The summed E-state index contributed by atoms with van der Waals surface area (Å²) in [6.07, 6.45) is -0.120. The second kappa shape index (κ2) is 17.1. The third kappa shape index (κ3) is 7.79. The van der Waals surface area contributed by atoms with Gasteiger partial charge in [-0.1, -0.05) is 80.6 Å². The van der Waals surface area contributed by atoms with Crippen molar-refractivity contribution in [1.82, 2.24) is 40.4 Å². The Balaban J connectivity index is 0.931. The van der Waals surface area contributed by atoms with Crippen molar-refractivity contribution in [1.29, 1.82) is 0 Å². The number of fused-ring (bicyclic) bond motifs is 6. The van der Waals surface area contributed by atoms with Crippen LogP contribution in [0.4, 0.5) is 9.59 Å². The van der Waals surface area contributed by atoms with E-state index in [0.717, 1.165) is 73.4 Å². The van der Waals surface area contributed by atoms with Crippen LogP contribution in [-0.2, 0) is 23.7 Å². The molecule has 3 aliphatic heterocycles. The van der Waals surface area contributed by atoms with Crippen LogP contribution in [-0.4, -0.2) is 112 Å². The smallest absolute Gasteiger partial charge is 0.407 e. The molecule has 16 heteroatoms. The molecule has 10 rings (SSSR count). The summed E-state index contributed by atoms with van der Waals surface area (Å²) in [6.45, 7) is 5.61. The topological polar surface area (TPSA) is 196 Å². The molecule has 7 aromatic rings. The van der Waals surface area contributed by atoms with Crippen LogP contribution < -0.4 is 10.6 Å². The Hall–Kier alpha value is -6.59. The van der Waals surface area contributed by atoms with Gasteiger partial charge in [0.25, 0.3) is 5.91 Å². The maximum absolute atomic E-state index is 14.5. The van der Waals surface area contributed by atoms with Crippen molar-refractivity contribution in [2.75, 3.05) is 40.5 Å². The van der Waals surface area contributed by atoms with Crippen LogP contribution in [0.15, 0.2) is 91.0 Å². The zero-order chi connectivity index (χ0) is 45.0. The molecule has 5 atom stereocenters. The van der Waals surface area contributed by atoms with Gasteiger partial charge in [0.2, 0.25) is 0 Å². The van der Waals surface area contributed by atoms with E-state index in [9.17, 15) is 19.5 Å². The lowest BCUT2D eigenvalue weighted by molar-refractivity contribution is -0.153. The summed E-state index contributed by atoms with van der Waals surface area (Å²) in [4.78, 5) is 60.2. The van der Waals surface area contributed by atoms with Crippen molar-refractivity contribution >= 4 is 61.7 Å². The van der Waals surface area contributed by atoms with Crippen LogP contribution in [0.5, 0.6) is 0 Å². The number of likely N-dealkylation sites (tertiary alicyclic amines) is 2. The van der Waals surface area contributed by atoms with Gasteiger partial charge in [-0.3, -0.25) is 9.69 Å². The van der Waals surface area contributed by atoms with Crippen LogP contribution in [0.1, 0.15) is 68.4 Å². The number of methoxy groups -OCH3 is 2. The molecule has 0 radical (unpaired) electrons. The summed E-state index contributed by atoms with van der Waals surface area (Å²) in [7, 11) is 2.59. The highest BCUT2D eigenvalue weighted by Crippen LogP contribution is 2.44. The molecule has 3 amide bonds. The molecule has 3 aliphatic rings. The lowest BCUT2D eigenvalue weighted by Gasteiger charge is -2.35. The van der Waals surface area contributed by atoms with E-state index >= 15 is 0 Å². The molecule has 5 aromatic carbocycles. The average Bonchev–Trinajstić information content (AvgIpc) is 4.19. The maximum Gasteiger partial charge on any atom is 0.407 e. The fourth-order valence-electron chi connectivity index (χ4n) is 10.00. The molecule has 1 spiro atoms. The SMILES string of the molecule is COC(=O)NC(C(=O)N1CC2(CC1c1nc3c(ccc4cc(-c5ccc6c(ccc7[nH]c(C8CCCN8C(O)C(NC(=O)OC)C(C)C)nc76)c5)ccc43)[nH]1)OCCO2)c1ccccc1. The highest BCUT2D eigenvalue weighted by Gasteiger charge is 2.53. The van der Waals surface area contributed by atoms with Crippen LogP contribution in [0.2, 0.25) is 0 Å². The van der Waals surface area contributed by atoms with Crippen LogP contribution in [0.3, 0.4) is 0 Å². The summed E-state index contributed by atoms with van der Waals surface area (Å²) < 4.78 is 22.0. The van der Waals surface area contributed by atoms with Crippen molar-refractivity contribution in [2.45, 2.75) is 69.3 Å². The van der Waals surface area contributed by atoms with Gasteiger partial charge in [-0.05, 0) is 70.5 Å². The summed E-state index contributed by atoms with van der Waals surface area (Å²) in [6, 6.07) is 27.9. The number of aliphatic hydroxyl groups is 1. The number of alkyl carbamates (subject to hydrolysis) is 2. The van der Waals surface area contributed by atoms with Gasteiger partial charge in [0.15, 0.2) is 5.79 Å². The number of imidazole rings is 2. The molecular weight excluding hydrogens is 829 g/mol. The van der Waals surface area contributed by atoms with Crippen molar-refractivity contribution in [2.24, 2.45) is 5.92 Å². The number of aliphatic hydroxyl groups excluding tert-OH is 1. The highest BCUT2D eigenvalue weighted by atomic mass is 16.7. The molecule has 3 saturated heterocycles. The van der Waals surface area contributed by atoms with Crippen LogP contribution >= 0.6 is 0 Å². The monoisotopic (exact) mass is 880 g/mol. The van der Waals surface area contributed by atoms with Gasteiger partial charge in [0, 0.05) is 23.7 Å². The standard InChI is InChI=1S/C49H52N8O8/c1-27(2)39(54-47(60)62-3)45(58)56-20-8-11-37(56)43-50-35-18-14-31-23-29(12-16-33(31)41(35)52-43)30-13-17-34-32(24-30)15-19-36-42(34)53-44(51-36)38-25-49(64-21-22-65-49)26-57(38)46(59)40(55-48(61)63-4)28-9-6-5-7-10-28/h5-7,9-10,12-19,23-24,27,37-40,45,58H,8,11,20-22,25-26H2,1-4H3,(H,50,52)(H,51,53)(H,54,60)(H,55,61). The minimum absolute atomic E-state index is 0.0252. The first-order valence-corrected chi connectivity index (χ1v) is 22.1. The molecule has 5 unspecified atom stereocenters. The van der Waals surface area contributed by atoms with Gasteiger partial charge in [-0.25, -0.2) is 19.6 Å². The minimum atomic E-state index is -1.01. The van der Waals surface area contributed by atoms with E-state index in [4.69, 9.17) is 28.9 Å². The summed E-state index contributed by atoms with van der Waals surface area (Å²) in [5.41, 5.74) is 6.10. The Labute approximate surface area is 374 Å². The van der Waals surface area contributed by atoms with E-state index < -0.39 is 42.3 Å². The predicted molar refractivity (Wildman–Crippen MR) is 243 cm³/mol. The van der Waals surface area contributed by atoms with Crippen LogP contribution in [0.25, 0.3) is 54.7 Å². The molecule has 0 saturated carbocycles. The Kier molecular flexibility index (Phi) is 11.1. The molecule has 3 fully saturated rings. The maximum atomic E-state index is 14.5. The Bertz CT molecular complexity index is 2930. The van der Waals surface area contributed by atoms with E-state index in [0.29, 0.717) is 37.6 Å². The molecule has 0 aliphatic carbocycles. The molecule has 65 heavy (non-hydrogen) atoms. The van der Waals surface area contributed by atoms with Crippen molar-refractivity contribution in [3.63, 3.8) is 0 Å². The Morgan fingerprint density at radius 3 is 1.95 bits per heavy atom.